The number of likely N-dealkylation sites (N-methyl/N-ethyl adjacent to an activating group) is 1. The van der Waals surface area contributed by atoms with Gasteiger partial charge in [-0.05, 0) is 55.1 Å². The first kappa shape index (κ1) is 19.6. The van der Waals surface area contributed by atoms with E-state index in [9.17, 15) is 4.79 Å². The van der Waals surface area contributed by atoms with E-state index in [-0.39, 0.29) is 5.91 Å². The van der Waals surface area contributed by atoms with Crippen LogP contribution in [0, 0.1) is 0 Å². The van der Waals surface area contributed by atoms with Crippen molar-refractivity contribution in [2.75, 3.05) is 51.6 Å². The van der Waals surface area contributed by atoms with Crippen molar-refractivity contribution in [1.82, 2.24) is 14.7 Å². The van der Waals surface area contributed by atoms with Gasteiger partial charge in [-0.15, -0.1) is 0 Å². The molecule has 1 N–H and O–H groups in total. The van der Waals surface area contributed by atoms with E-state index in [4.69, 9.17) is 0 Å². The lowest BCUT2D eigenvalue weighted by atomic mass is 9.97. The number of hydrogen-bond donors (Lipinski definition) is 1. The average molecular weight is 405 g/mol. The Bertz CT molecular complexity index is 921. The number of anilines is 1. The van der Waals surface area contributed by atoms with Gasteiger partial charge in [0.25, 0.3) is 5.91 Å². The summed E-state index contributed by atoms with van der Waals surface area (Å²) in [7, 11) is 2.13. The summed E-state index contributed by atoms with van der Waals surface area (Å²) in [6, 6.07) is 15.6. The quantitative estimate of drug-likeness (QED) is 0.804. The van der Waals surface area contributed by atoms with Gasteiger partial charge in [0.1, 0.15) is 0 Å². The highest BCUT2D eigenvalue weighted by Crippen LogP contribution is 2.25. The number of fused-ring (bicyclic) bond motifs is 2. The molecular formula is C25H32N4O. The van der Waals surface area contributed by atoms with Crippen molar-refractivity contribution >= 4 is 11.6 Å². The Hall–Kier alpha value is -2.37. The summed E-state index contributed by atoms with van der Waals surface area (Å²) in [5.41, 5.74) is 6.12. The molecule has 0 unspecified atom stereocenters. The van der Waals surface area contributed by atoms with Crippen LogP contribution in [-0.2, 0) is 19.4 Å². The first-order valence-corrected chi connectivity index (χ1v) is 11.3. The third-order valence-corrected chi connectivity index (χ3v) is 6.83. The van der Waals surface area contributed by atoms with Crippen LogP contribution in [0.1, 0.15) is 33.5 Å². The second-order valence-corrected chi connectivity index (χ2v) is 9.13. The molecule has 0 aliphatic carbocycles. The predicted octanol–water partition coefficient (Wildman–Crippen LogP) is 2.86. The maximum Gasteiger partial charge on any atom is 0.254 e. The van der Waals surface area contributed by atoms with E-state index in [0.717, 1.165) is 76.3 Å². The molecule has 0 spiro atoms. The SMILES string of the molecule is CN1CC(Nc2ccc3c(c2)C(=O)N(CCCN2CCc4ccccc4C2)CC3)C1. The number of benzene rings is 2. The molecule has 2 aromatic rings. The van der Waals surface area contributed by atoms with Crippen molar-refractivity contribution in [2.24, 2.45) is 0 Å². The van der Waals surface area contributed by atoms with Crippen LogP contribution in [0.15, 0.2) is 42.5 Å². The predicted molar refractivity (Wildman–Crippen MR) is 121 cm³/mol. The molecule has 0 atom stereocenters. The topological polar surface area (TPSA) is 38.8 Å². The lowest BCUT2D eigenvalue weighted by Crippen LogP contribution is -2.52. The molecule has 1 fully saturated rings. The minimum atomic E-state index is 0.203. The number of nitrogens with zero attached hydrogens (tertiary/aromatic N) is 3. The zero-order valence-corrected chi connectivity index (χ0v) is 17.9. The molecule has 30 heavy (non-hydrogen) atoms. The first-order chi connectivity index (χ1) is 14.7. The normalized spacial score (nSPS) is 19.9. The van der Waals surface area contributed by atoms with Crippen LogP contribution in [0.25, 0.3) is 0 Å². The van der Waals surface area contributed by atoms with Crippen LogP contribution < -0.4 is 5.32 Å². The van der Waals surface area contributed by atoms with E-state index in [2.05, 4.69) is 69.5 Å². The maximum atomic E-state index is 13.1. The third kappa shape index (κ3) is 4.09. The van der Waals surface area contributed by atoms with Gasteiger partial charge >= 0.3 is 0 Å². The average Bonchev–Trinajstić information content (AvgIpc) is 2.74. The molecule has 2 aromatic carbocycles. The summed E-state index contributed by atoms with van der Waals surface area (Å²) < 4.78 is 0. The van der Waals surface area contributed by atoms with Gasteiger partial charge in [-0.1, -0.05) is 30.3 Å². The summed E-state index contributed by atoms with van der Waals surface area (Å²) in [6.07, 6.45) is 3.14. The fourth-order valence-corrected chi connectivity index (χ4v) is 5.08. The second-order valence-electron chi connectivity index (χ2n) is 9.13. The highest BCUT2D eigenvalue weighted by atomic mass is 16.2. The van der Waals surface area contributed by atoms with E-state index in [1.54, 1.807) is 0 Å². The molecular weight excluding hydrogens is 372 g/mol. The number of amides is 1. The molecule has 0 saturated carbocycles. The van der Waals surface area contributed by atoms with Crippen molar-refractivity contribution in [2.45, 2.75) is 31.8 Å². The Morgan fingerprint density at radius 2 is 1.77 bits per heavy atom. The van der Waals surface area contributed by atoms with E-state index in [1.165, 1.54) is 16.7 Å². The van der Waals surface area contributed by atoms with Gasteiger partial charge in [0.05, 0.1) is 6.04 Å². The van der Waals surface area contributed by atoms with Crippen molar-refractivity contribution in [1.29, 1.82) is 0 Å². The van der Waals surface area contributed by atoms with Crippen LogP contribution in [0.5, 0.6) is 0 Å². The molecule has 5 nitrogen and oxygen atoms in total. The largest absolute Gasteiger partial charge is 0.380 e. The first-order valence-electron chi connectivity index (χ1n) is 11.3. The molecule has 5 rings (SSSR count). The fourth-order valence-electron chi connectivity index (χ4n) is 5.08. The lowest BCUT2D eigenvalue weighted by Gasteiger charge is -2.37. The Morgan fingerprint density at radius 1 is 0.967 bits per heavy atom. The van der Waals surface area contributed by atoms with Gasteiger partial charge < -0.3 is 15.1 Å². The molecule has 3 heterocycles. The van der Waals surface area contributed by atoms with E-state index in [1.807, 2.05) is 0 Å². The Kier molecular flexibility index (Phi) is 5.48. The number of carbonyl (C=O) groups is 1. The van der Waals surface area contributed by atoms with Gasteiger partial charge in [-0.3, -0.25) is 9.69 Å². The van der Waals surface area contributed by atoms with Crippen molar-refractivity contribution in [3.8, 4) is 0 Å². The lowest BCUT2D eigenvalue weighted by molar-refractivity contribution is 0.0730. The van der Waals surface area contributed by atoms with Crippen molar-refractivity contribution in [3.05, 3.63) is 64.7 Å². The maximum absolute atomic E-state index is 13.1. The monoisotopic (exact) mass is 404 g/mol. The highest BCUT2D eigenvalue weighted by Gasteiger charge is 2.26. The third-order valence-electron chi connectivity index (χ3n) is 6.83. The van der Waals surface area contributed by atoms with Crippen LogP contribution in [0.3, 0.4) is 0 Å². The smallest absolute Gasteiger partial charge is 0.254 e. The Balaban J connectivity index is 1.15. The molecule has 1 amide bonds. The van der Waals surface area contributed by atoms with Gasteiger partial charge in [0.2, 0.25) is 0 Å². The molecule has 0 radical (unpaired) electrons. The Labute approximate surface area is 179 Å². The molecule has 5 heteroatoms. The number of nitrogens with one attached hydrogen (secondary N) is 1. The fraction of sp³-hybridized carbons (Fsp3) is 0.480. The summed E-state index contributed by atoms with van der Waals surface area (Å²) in [5.74, 6) is 0.203. The number of likely N-dealkylation sites (tertiary alicyclic amines) is 1. The Morgan fingerprint density at radius 3 is 2.60 bits per heavy atom. The molecule has 0 aromatic heterocycles. The summed E-state index contributed by atoms with van der Waals surface area (Å²) >= 11 is 0. The van der Waals surface area contributed by atoms with Gasteiger partial charge in [0, 0.05) is 57.1 Å². The van der Waals surface area contributed by atoms with E-state index < -0.39 is 0 Å². The molecule has 1 saturated heterocycles. The minimum absolute atomic E-state index is 0.203. The standard InChI is InChI=1S/C25H32N4O/c1-27-17-23(18-27)26-22-8-7-20-10-14-29(25(30)24(20)15-22)12-4-11-28-13-9-19-5-2-3-6-21(19)16-28/h2-3,5-8,15,23,26H,4,9-14,16-18H2,1H3. The van der Waals surface area contributed by atoms with Crippen LogP contribution in [-0.4, -0.2) is 73.0 Å². The number of rotatable bonds is 6. The molecule has 158 valence electrons. The molecule has 3 aliphatic heterocycles. The number of hydrogen-bond acceptors (Lipinski definition) is 4. The van der Waals surface area contributed by atoms with Crippen LogP contribution >= 0.6 is 0 Å². The van der Waals surface area contributed by atoms with Crippen molar-refractivity contribution < 1.29 is 4.79 Å². The van der Waals surface area contributed by atoms with E-state index in [0.29, 0.717) is 6.04 Å². The summed E-state index contributed by atoms with van der Waals surface area (Å²) in [5, 5.41) is 3.57. The van der Waals surface area contributed by atoms with Crippen LogP contribution in [0.2, 0.25) is 0 Å². The van der Waals surface area contributed by atoms with Crippen LogP contribution in [0.4, 0.5) is 5.69 Å². The zero-order chi connectivity index (χ0) is 20.5. The van der Waals surface area contributed by atoms with Gasteiger partial charge in [-0.25, -0.2) is 0 Å². The summed E-state index contributed by atoms with van der Waals surface area (Å²) in [6.45, 7) is 7.05. The van der Waals surface area contributed by atoms with Gasteiger partial charge in [0.15, 0.2) is 0 Å². The number of carbonyl (C=O) groups excluding carboxylic acids is 1. The zero-order valence-electron chi connectivity index (χ0n) is 17.9. The van der Waals surface area contributed by atoms with Crippen molar-refractivity contribution in [3.63, 3.8) is 0 Å². The second kappa shape index (κ2) is 8.40. The highest BCUT2D eigenvalue weighted by molar-refractivity contribution is 5.97. The van der Waals surface area contributed by atoms with Gasteiger partial charge in [-0.2, -0.15) is 0 Å². The molecule has 0 bridgehead atoms. The van der Waals surface area contributed by atoms with E-state index >= 15 is 0 Å². The summed E-state index contributed by atoms with van der Waals surface area (Å²) in [4.78, 5) is 20.0. The minimum Gasteiger partial charge on any atom is -0.380 e. The molecule has 3 aliphatic rings.